The van der Waals surface area contributed by atoms with Crippen molar-refractivity contribution >= 4 is 6.47 Å². The zero-order valence-corrected chi connectivity index (χ0v) is 6.17. The lowest BCUT2D eigenvalue weighted by molar-refractivity contribution is -0.133. The first-order valence-corrected chi connectivity index (χ1v) is 3.88. The van der Waals surface area contributed by atoms with E-state index in [1.54, 1.807) is 0 Å². The summed E-state index contributed by atoms with van der Waals surface area (Å²) >= 11 is 0. The minimum atomic E-state index is 0.167. The third kappa shape index (κ3) is 0.746. The smallest absolute Gasteiger partial charge is 0.293 e. The van der Waals surface area contributed by atoms with Gasteiger partial charge in [0.15, 0.2) is 0 Å². The van der Waals surface area contributed by atoms with E-state index in [1.807, 2.05) is 6.92 Å². The predicted molar refractivity (Wildman–Crippen MR) is 36.4 cm³/mol. The standard InChI is InChI=1S/C8H12O2/c1-6(10-5-9)7-4-8(7)2-3-8/h5-7H,2-4H2,1H3. The van der Waals surface area contributed by atoms with E-state index in [0.29, 0.717) is 17.8 Å². The molecule has 0 bridgehead atoms. The van der Waals surface area contributed by atoms with Gasteiger partial charge in [0.05, 0.1) is 0 Å². The molecule has 0 N–H and O–H groups in total. The van der Waals surface area contributed by atoms with Gasteiger partial charge in [0.1, 0.15) is 6.10 Å². The maximum Gasteiger partial charge on any atom is 0.293 e. The third-order valence-electron chi connectivity index (χ3n) is 2.98. The van der Waals surface area contributed by atoms with Gasteiger partial charge in [0.2, 0.25) is 0 Å². The van der Waals surface area contributed by atoms with Crippen LogP contribution in [0.25, 0.3) is 0 Å². The summed E-state index contributed by atoms with van der Waals surface area (Å²) in [5, 5.41) is 0. The highest BCUT2D eigenvalue weighted by atomic mass is 16.5. The molecule has 0 aromatic rings. The highest BCUT2D eigenvalue weighted by Gasteiger charge is 2.64. The van der Waals surface area contributed by atoms with E-state index >= 15 is 0 Å². The highest BCUT2D eigenvalue weighted by Crippen LogP contribution is 2.71. The first-order chi connectivity index (χ1) is 4.78. The number of rotatable bonds is 3. The van der Waals surface area contributed by atoms with Crippen molar-refractivity contribution in [3.8, 4) is 0 Å². The van der Waals surface area contributed by atoms with Crippen LogP contribution in [-0.4, -0.2) is 12.6 Å². The normalized spacial score (nSPS) is 35.1. The topological polar surface area (TPSA) is 26.3 Å². The van der Waals surface area contributed by atoms with Crippen molar-refractivity contribution in [2.24, 2.45) is 11.3 Å². The molecule has 2 unspecified atom stereocenters. The van der Waals surface area contributed by atoms with Crippen LogP contribution in [0, 0.1) is 11.3 Å². The molecule has 2 rings (SSSR count). The van der Waals surface area contributed by atoms with Gasteiger partial charge in [-0.15, -0.1) is 0 Å². The Morgan fingerprint density at radius 3 is 2.80 bits per heavy atom. The van der Waals surface area contributed by atoms with E-state index in [9.17, 15) is 4.79 Å². The highest BCUT2D eigenvalue weighted by molar-refractivity contribution is 5.38. The Labute approximate surface area is 60.6 Å². The van der Waals surface area contributed by atoms with Gasteiger partial charge in [0.25, 0.3) is 6.47 Å². The number of carbonyl (C=O) groups is 1. The lowest BCUT2D eigenvalue weighted by atomic mass is 10.2. The van der Waals surface area contributed by atoms with Gasteiger partial charge in [0, 0.05) is 5.92 Å². The summed E-state index contributed by atoms with van der Waals surface area (Å²) < 4.78 is 4.86. The molecule has 0 heterocycles. The van der Waals surface area contributed by atoms with E-state index in [-0.39, 0.29) is 6.10 Å². The van der Waals surface area contributed by atoms with Crippen LogP contribution in [0.2, 0.25) is 0 Å². The maximum atomic E-state index is 9.96. The number of hydrogen-bond acceptors (Lipinski definition) is 2. The van der Waals surface area contributed by atoms with Gasteiger partial charge in [-0.25, -0.2) is 0 Å². The quantitative estimate of drug-likeness (QED) is 0.553. The Balaban J connectivity index is 1.84. The average Bonchev–Trinajstić information content (AvgIpc) is 2.76. The van der Waals surface area contributed by atoms with Crippen LogP contribution < -0.4 is 0 Å². The molecule has 2 heteroatoms. The maximum absolute atomic E-state index is 9.96. The second kappa shape index (κ2) is 1.74. The first-order valence-electron chi connectivity index (χ1n) is 3.88. The van der Waals surface area contributed by atoms with E-state index in [0.717, 1.165) is 0 Å². The van der Waals surface area contributed by atoms with Crippen molar-refractivity contribution in [1.82, 2.24) is 0 Å². The summed E-state index contributed by atoms with van der Waals surface area (Å²) in [5.74, 6) is 0.692. The average molecular weight is 140 g/mol. The molecule has 2 aliphatic carbocycles. The lowest BCUT2D eigenvalue weighted by Gasteiger charge is -2.06. The van der Waals surface area contributed by atoms with E-state index < -0.39 is 0 Å². The zero-order chi connectivity index (χ0) is 7.19. The van der Waals surface area contributed by atoms with Gasteiger partial charge in [-0.3, -0.25) is 4.79 Å². The monoisotopic (exact) mass is 140 g/mol. The fourth-order valence-electron chi connectivity index (χ4n) is 1.96. The molecule has 0 aromatic heterocycles. The molecule has 1 spiro atoms. The molecule has 0 saturated heterocycles. The molecule has 0 aromatic carbocycles. The van der Waals surface area contributed by atoms with Crippen LogP contribution >= 0.6 is 0 Å². The van der Waals surface area contributed by atoms with Crippen LogP contribution in [0.15, 0.2) is 0 Å². The van der Waals surface area contributed by atoms with Crippen molar-refractivity contribution in [2.75, 3.05) is 0 Å². The van der Waals surface area contributed by atoms with Gasteiger partial charge in [-0.2, -0.15) is 0 Å². The Bertz CT molecular complexity index is 161. The van der Waals surface area contributed by atoms with Crippen LogP contribution in [0.4, 0.5) is 0 Å². The summed E-state index contributed by atoms with van der Waals surface area (Å²) in [6.07, 6.45) is 4.19. The SMILES string of the molecule is CC(OC=O)C1CC12CC2. The van der Waals surface area contributed by atoms with Crippen molar-refractivity contribution in [1.29, 1.82) is 0 Å². The second-order valence-corrected chi connectivity index (χ2v) is 3.61. The minimum Gasteiger partial charge on any atom is -0.465 e. The van der Waals surface area contributed by atoms with E-state index in [2.05, 4.69) is 0 Å². The van der Waals surface area contributed by atoms with Gasteiger partial charge >= 0.3 is 0 Å². The number of carbonyl (C=O) groups excluding carboxylic acids is 1. The Morgan fingerprint density at radius 1 is 1.70 bits per heavy atom. The second-order valence-electron chi connectivity index (χ2n) is 3.61. The summed E-state index contributed by atoms with van der Waals surface area (Å²) in [5.41, 5.74) is 0.655. The van der Waals surface area contributed by atoms with E-state index in [4.69, 9.17) is 4.74 Å². The zero-order valence-electron chi connectivity index (χ0n) is 6.17. The summed E-state index contributed by atoms with van der Waals surface area (Å²) in [7, 11) is 0. The van der Waals surface area contributed by atoms with Gasteiger partial charge in [-0.1, -0.05) is 0 Å². The summed E-state index contributed by atoms with van der Waals surface area (Å²) in [6, 6.07) is 0. The number of ether oxygens (including phenoxy) is 1. The van der Waals surface area contributed by atoms with Crippen molar-refractivity contribution in [3.05, 3.63) is 0 Å². The molecule has 2 saturated carbocycles. The molecule has 0 radical (unpaired) electrons. The predicted octanol–water partition coefficient (Wildman–Crippen LogP) is 1.35. The molecule has 56 valence electrons. The lowest BCUT2D eigenvalue weighted by Crippen LogP contribution is -2.10. The molecular weight excluding hydrogens is 128 g/mol. The Kier molecular flexibility index (Phi) is 1.08. The van der Waals surface area contributed by atoms with Crippen LogP contribution in [0.5, 0.6) is 0 Å². The fraction of sp³-hybridized carbons (Fsp3) is 0.875. The van der Waals surface area contributed by atoms with Crippen LogP contribution in [0.1, 0.15) is 26.2 Å². The molecular formula is C8H12O2. The van der Waals surface area contributed by atoms with Crippen LogP contribution in [0.3, 0.4) is 0 Å². The van der Waals surface area contributed by atoms with Crippen molar-refractivity contribution in [3.63, 3.8) is 0 Å². The van der Waals surface area contributed by atoms with Crippen LogP contribution in [-0.2, 0) is 9.53 Å². The Hall–Kier alpha value is -0.530. The largest absolute Gasteiger partial charge is 0.465 e. The first kappa shape index (κ1) is 6.20. The van der Waals surface area contributed by atoms with Gasteiger partial charge in [-0.05, 0) is 31.6 Å². The van der Waals surface area contributed by atoms with E-state index in [1.165, 1.54) is 19.3 Å². The van der Waals surface area contributed by atoms with Crippen molar-refractivity contribution in [2.45, 2.75) is 32.3 Å². The third-order valence-corrected chi connectivity index (χ3v) is 2.98. The number of hydrogen-bond donors (Lipinski definition) is 0. The van der Waals surface area contributed by atoms with Crippen molar-refractivity contribution < 1.29 is 9.53 Å². The molecule has 2 fully saturated rings. The minimum absolute atomic E-state index is 0.167. The molecule has 0 aliphatic heterocycles. The molecule has 2 atom stereocenters. The summed E-state index contributed by atoms with van der Waals surface area (Å²) in [6.45, 7) is 2.56. The molecule has 10 heavy (non-hydrogen) atoms. The Morgan fingerprint density at radius 2 is 2.40 bits per heavy atom. The molecule has 2 nitrogen and oxygen atoms in total. The fourth-order valence-corrected chi connectivity index (χ4v) is 1.96. The summed E-state index contributed by atoms with van der Waals surface area (Å²) in [4.78, 5) is 9.96. The molecule has 0 amide bonds. The molecule has 2 aliphatic rings. The van der Waals surface area contributed by atoms with Gasteiger partial charge < -0.3 is 4.74 Å².